The predicted octanol–water partition coefficient (Wildman–Crippen LogP) is 2.35. The maximum atomic E-state index is 13.5. The van der Waals surface area contributed by atoms with Gasteiger partial charge in [-0.1, -0.05) is 13.0 Å². The van der Waals surface area contributed by atoms with Crippen molar-refractivity contribution in [2.45, 2.75) is 6.92 Å². The van der Waals surface area contributed by atoms with Crippen LogP contribution in [-0.4, -0.2) is 25.7 Å². The van der Waals surface area contributed by atoms with Crippen LogP contribution in [-0.2, 0) is 4.74 Å². The van der Waals surface area contributed by atoms with E-state index in [9.17, 15) is 9.18 Å². The average molecular weight is 302 g/mol. The highest BCUT2D eigenvalue weighted by molar-refractivity contribution is 9.10. The first-order valence-electron chi connectivity index (χ1n) is 5.32. The first kappa shape index (κ1) is 12.5. The molecule has 0 spiro atoms. The minimum absolute atomic E-state index is 0.0204. The highest BCUT2D eigenvalue weighted by atomic mass is 79.9. The van der Waals surface area contributed by atoms with Gasteiger partial charge >= 0.3 is 0 Å². The van der Waals surface area contributed by atoms with E-state index in [0.29, 0.717) is 24.2 Å². The van der Waals surface area contributed by atoms with Gasteiger partial charge in [-0.25, -0.2) is 4.39 Å². The fourth-order valence-electron chi connectivity index (χ4n) is 1.65. The van der Waals surface area contributed by atoms with Crippen LogP contribution in [0.4, 0.5) is 4.39 Å². The molecule has 2 rings (SSSR count). The van der Waals surface area contributed by atoms with Crippen molar-refractivity contribution in [1.82, 2.24) is 5.32 Å². The number of nitrogens with one attached hydrogen (secondary N) is 1. The number of carbonyl (C=O) groups is 1. The zero-order chi connectivity index (χ0) is 12.5. The maximum absolute atomic E-state index is 13.5. The standard InChI is InChI=1S/C12H13BrFNO2/c1-12(6-17-7-12)5-15-11(16)10-8(13)3-2-4-9(10)14/h2-4H,5-7H2,1H3,(H,15,16). The van der Waals surface area contributed by atoms with Gasteiger partial charge in [0, 0.05) is 16.4 Å². The van der Waals surface area contributed by atoms with Crippen molar-refractivity contribution in [1.29, 1.82) is 0 Å². The molecule has 17 heavy (non-hydrogen) atoms. The van der Waals surface area contributed by atoms with Crippen LogP contribution >= 0.6 is 15.9 Å². The van der Waals surface area contributed by atoms with Gasteiger partial charge in [-0.15, -0.1) is 0 Å². The van der Waals surface area contributed by atoms with Crippen LogP contribution in [0.5, 0.6) is 0 Å². The van der Waals surface area contributed by atoms with Gasteiger partial charge in [-0.3, -0.25) is 4.79 Å². The number of benzene rings is 1. The van der Waals surface area contributed by atoms with Gasteiger partial charge in [0.25, 0.3) is 5.91 Å². The van der Waals surface area contributed by atoms with Crippen molar-refractivity contribution < 1.29 is 13.9 Å². The Balaban J connectivity index is 2.04. The number of hydrogen-bond acceptors (Lipinski definition) is 2. The summed E-state index contributed by atoms with van der Waals surface area (Å²) in [7, 11) is 0. The number of rotatable bonds is 3. The Kier molecular flexibility index (Phi) is 3.49. The lowest BCUT2D eigenvalue weighted by molar-refractivity contribution is -0.0978. The van der Waals surface area contributed by atoms with Crippen LogP contribution in [0.25, 0.3) is 0 Å². The van der Waals surface area contributed by atoms with E-state index < -0.39 is 11.7 Å². The molecule has 1 aliphatic rings. The van der Waals surface area contributed by atoms with Crippen LogP contribution < -0.4 is 5.32 Å². The van der Waals surface area contributed by atoms with Crippen molar-refractivity contribution in [3.8, 4) is 0 Å². The van der Waals surface area contributed by atoms with E-state index in [2.05, 4.69) is 21.2 Å². The fraction of sp³-hybridized carbons (Fsp3) is 0.417. The molecule has 0 atom stereocenters. The predicted molar refractivity (Wildman–Crippen MR) is 65.4 cm³/mol. The van der Waals surface area contributed by atoms with Crippen LogP contribution in [0.2, 0.25) is 0 Å². The molecule has 0 bridgehead atoms. The number of halogens is 2. The lowest BCUT2D eigenvalue weighted by atomic mass is 9.88. The molecule has 1 aromatic rings. The second-order valence-electron chi connectivity index (χ2n) is 4.58. The zero-order valence-corrected chi connectivity index (χ0v) is 11.0. The Morgan fingerprint density at radius 3 is 2.82 bits per heavy atom. The topological polar surface area (TPSA) is 38.3 Å². The summed E-state index contributed by atoms with van der Waals surface area (Å²) in [6.07, 6.45) is 0. The van der Waals surface area contributed by atoms with E-state index in [1.807, 2.05) is 6.92 Å². The Morgan fingerprint density at radius 1 is 1.59 bits per heavy atom. The number of ether oxygens (including phenoxy) is 1. The van der Waals surface area contributed by atoms with E-state index in [1.54, 1.807) is 12.1 Å². The Hall–Kier alpha value is -0.940. The molecule has 1 amide bonds. The molecule has 1 saturated heterocycles. The van der Waals surface area contributed by atoms with Gasteiger partial charge in [0.15, 0.2) is 0 Å². The third kappa shape index (κ3) is 2.66. The Bertz CT molecular complexity index is 426. The summed E-state index contributed by atoms with van der Waals surface area (Å²) in [6.45, 7) is 3.78. The molecule has 1 heterocycles. The molecule has 0 radical (unpaired) electrons. The molecule has 5 heteroatoms. The quantitative estimate of drug-likeness (QED) is 0.931. The summed E-state index contributed by atoms with van der Waals surface area (Å²) >= 11 is 3.17. The molecule has 1 N–H and O–H groups in total. The summed E-state index contributed by atoms with van der Waals surface area (Å²) in [5.41, 5.74) is 0.0317. The van der Waals surface area contributed by atoms with Crippen molar-refractivity contribution in [3.05, 3.63) is 34.1 Å². The molecule has 1 fully saturated rings. The molecule has 0 aliphatic carbocycles. The highest BCUT2D eigenvalue weighted by Crippen LogP contribution is 2.26. The lowest BCUT2D eigenvalue weighted by Crippen LogP contribution is -2.48. The van der Waals surface area contributed by atoms with Crippen LogP contribution in [0, 0.1) is 11.2 Å². The largest absolute Gasteiger partial charge is 0.380 e. The van der Waals surface area contributed by atoms with Crippen molar-refractivity contribution in [3.63, 3.8) is 0 Å². The van der Waals surface area contributed by atoms with E-state index in [-0.39, 0.29) is 11.0 Å². The van der Waals surface area contributed by atoms with Crippen LogP contribution in [0.3, 0.4) is 0 Å². The third-order valence-electron chi connectivity index (χ3n) is 2.77. The highest BCUT2D eigenvalue weighted by Gasteiger charge is 2.33. The minimum atomic E-state index is -0.521. The van der Waals surface area contributed by atoms with Crippen LogP contribution in [0.1, 0.15) is 17.3 Å². The third-order valence-corrected chi connectivity index (χ3v) is 3.43. The number of amides is 1. The van der Waals surface area contributed by atoms with Gasteiger partial charge in [-0.05, 0) is 28.1 Å². The molecule has 1 aromatic carbocycles. The second kappa shape index (κ2) is 4.74. The molecule has 92 valence electrons. The van der Waals surface area contributed by atoms with Crippen molar-refractivity contribution in [2.24, 2.45) is 5.41 Å². The van der Waals surface area contributed by atoms with Gasteiger partial charge in [0.05, 0.1) is 18.8 Å². The van der Waals surface area contributed by atoms with E-state index in [0.717, 1.165) is 0 Å². The monoisotopic (exact) mass is 301 g/mol. The van der Waals surface area contributed by atoms with Gasteiger partial charge in [0.1, 0.15) is 5.82 Å². The number of carbonyl (C=O) groups excluding carboxylic acids is 1. The Labute approximate surface area is 107 Å². The van der Waals surface area contributed by atoms with E-state index >= 15 is 0 Å². The summed E-state index contributed by atoms with van der Waals surface area (Å²) < 4.78 is 19.1. The second-order valence-corrected chi connectivity index (χ2v) is 5.44. The Morgan fingerprint density at radius 2 is 2.29 bits per heavy atom. The van der Waals surface area contributed by atoms with Crippen molar-refractivity contribution >= 4 is 21.8 Å². The first-order valence-corrected chi connectivity index (χ1v) is 6.11. The molecule has 3 nitrogen and oxygen atoms in total. The first-order chi connectivity index (χ1) is 8.02. The van der Waals surface area contributed by atoms with Gasteiger partial charge < -0.3 is 10.1 Å². The molecule has 0 unspecified atom stereocenters. The summed E-state index contributed by atoms with van der Waals surface area (Å²) in [5, 5.41) is 2.73. The zero-order valence-electron chi connectivity index (χ0n) is 9.43. The maximum Gasteiger partial charge on any atom is 0.255 e. The van der Waals surface area contributed by atoms with E-state index in [1.165, 1.54) is 6.07 Å². The molecule has 0 aromatic heterocycles. The van der Waals surface area contributed by atoms with Crippen LogP contribution in [0.15, 0.2) is 22.7 Å². The molecule has 0 saturated carbocycles. The number of hydrogen-bond donors (Lipinski definition) is 1. The summed E-state index contributed by atoms with van der Waals surface area (Å²) in [5.74, 6) is -0.921. The molecular formula is C12H13BrFNO2. The lowest BCUT2D eigenvalue weighted by Gasteiger charge is -2.38. The van der Waals surface area contributed by atoms with Gasteiger partial charge in [-0.2, -0.15) is 0 Å². The van der Waals surface area contributed by atoms with Crippen molar-refractivity contribution in [2.75, 3.05) is 19.8 Å². The summed E-state index contributed by atoms with van der Waals surface area (Å²) in [6, 6.07) is 4.47. The summed E-state index contributed by atoms with van der Waals surface area (Å²) in [4.78, 5) is 11.9. The SMILES string of the molecule is CC1(CNC(=O)c2c(F)cccc2Br)COC1. The smallest absolute Gasteiger partial charge is 0.255 e. The average Bonchev–Trinajstić information content (AvgIpc) is 2.23. The molecule has 1 aliphatic heterocycles. The fourth-order valence-corrected chi connectivity index (χ4v) is 2.17. The van der Waals surface area contributed by atoms with Gasteiger partial charge in [0.2, 0.25) is 0 Å². The normalized spacial score (nSPS) is 17.4. The minimum Gasteiger partial charge on any atom is -0.380 e. The molecular weight excluding hydrogens is 289 g/mol. The van der Waals surface area contributed by atoms with E-state index in [4.69, 9.17) is 4.74 Å².